The van der Waals surface area contributed by atoms with Crippen LogP contribution in [0.5, 0.6) is 0 Å². The Hall–Kier alpha value is -1.02. The fourth-order valence-corrected chi connectivity index (χ4v) is 1.67. The Bertz CT molecular complexity index is 482. The van der Waals surface area contributed by atoms with E-state index in [4.69, 9.17) is 33.0 Å². The van der Waals surface area contributed by atoms with E-state index in [1.165, 1.54) is 6.07 Å². The van der Waals surface area contributed by atoms with E-state index in [1.807, 2.05) is 0 Å². The molecule has 0 saturated carbocycles. The molecule has 0 fully saturated rings. The van der Waals surface area contributed by atoms with Crippen LogP contribution in [0.3, 0.4) is 0 Å². The summed E-state index contributed by atoms with van der Waals surface area (Å²) in [5.74, 6) is -0.207. The molecule has 1 aromatic rings. The number of carbonyl (C=O) groups excluding carboxylic acids is 1. The Balaban J connectivity index is 0.000000796. The highest BCUT2D eigenvalue weighted by Gasteiger charge is 2.24. The normalized spacial score (nSPS) is 9.45. The minimum atomic E-state index is -0.777. The summed E-state index contributed by atoms with van der Waals surface area (Å²) in [6.07, 6.45) is 0. The van der Waals surface area contributed by atoms with Crippen molar-refractivity contribution in [2.45, 2.75) is 6.92 Å². The smallest absolute Gasteiger partial charge is 0.341 e. The van der Waals surface area contributed by atoms with Crippen LogP contribution in [0.2, 0.25) is 10.0 Å². The molecule has 0 atom stereocenters. The second-order valence-electron chi connectivity index (χ2n) is 3.18. The summed E-state index contributed by atoms with van der Waals surface area (Å²) >= 11 is 15.1. The van der Waals surface area contributed by atoms with Crippen molar-refractivity contribution in [2.75, 3.05) is 19.0 Å². The van der Waals surface area contributed by atoms with Crippen LogP contribution in [0.15, 0.2) is 12.1 Å². The Labute approximate surface area is 131 Å². The Morgan fingerprint density at radius 3 is 2.45 bits per heavy atom. The second-order valence-corrected chi connectivity index (χ2v) is 4.41. The number of ether oxygens (including phenoxy) is 1. The van der Waals surface area contributed by atoms with Crippen molar-refractivity contribution in [1.82, 2.24) is 0 Å². The first-order valence-corrected chi connectivity index (χ1v) is 6.80. The number of aliphatic hydroxyl groups excluding tert-OH is 1. The molecule has 0 aliphatic carbocycles. The van der Waals surface area contributed by atoms with E-state index in [0.717, 1.165) is 6.07 Å². The van der Waals surface area contributed by atoms with Crippen LogP contribution in [0, 0.1) is 10.1 Å². The van der Waals surface area contributed by atoms with Crippen LogP contribution < -0.4 is 0 Å². The molecule has 0 bridgehead atoms. The number of halogens is 2. The molecule has 1 N–H and O–H groups in total. The zero-order valence-corrected chi connectivity index (χ0v) is 12.9. The van der Waals surface area contributed by atoms with Gasteiger partial charge in [0.05, 0.1) is 23.2 Å². The summed E-state index contributed by atoms with van der Waals surface area (Å²) in [5, 5.41) is 18.1. The van der Waals surface area contributed by atoms with E-state index in [-0.39, 0.29) is 34.5 Å². The lowest BCUT2D eigenvalue weighted by atomic mass is 10.2. The number of thiol groups is 1. The predicted octanol–water partition coefficient (Wildman–Crippen LogP) is 2.99. The highest BCUT2D eigenvalue weighted by molar-refractivity contribution is 7.80. The van der Waals surface area contributed by atoms with Crippen LogP contribution in [-0.2, 0) is 4.74 Å². The number of hydrogen-bond acceptors (Lipinski definition) is 6. The first kappa shape index (κ1) is 19.0. The lowest BCUT2D eigenvalue weighted by Gasteiger charge is -2.06. The van der Waals surface area contributed by atoms with Gasteiger partial charge < -0.3 is 9.84 Å². The molecular formula is C11H13Cl2NO5S. The number of nitro benzene ring substituents is 1. The topological polar surface area (TPSA) is 89.7 Å². The van der Waals surface area contributed by atoms with E-state index < -0.39 is 10.9 Å². The quantitative estimate of drug-likeness (QED) is 0.380. The Morgan fingerprint density at radius 1 is 1.50 bits per heavy atom. The van der Waals surface area contributed by atoms with Gasteiger partial charge in [0.15, 0.2) is 0 Å². The van der Waals surface area contributed by atoms with Gasteiger partial charge in [0.1, 0.15) is 10.6 Å². The number of carbonyl (C=O) groups is 1. The molecule has 0 aliphatic heterocycles. The highest BCUT2D eigenvalue weighted by Crippen LogP contribution is 2.33. The van der Waals surface area contributed by atoms with Gasteiger partial charge in [-0.1, -0.05) is 23.2 Å². The van der Waals surface area contributed by atoms with Gasteiger partial charge in [-0.25, -0.2) is 4.79 Å². The van der Waals surface area contributed by atoms with Gasteiger partial charge in [-0.3, -0.25) is 10.1 Å². The summed E-state index contributed by atoms with van der Waals surface area (Å²) in [6.45, 7) is 1.92. The number of nitrogens with zero attached hydrogens (tertiary/aromatic N) is 1. The SMILES string of the molecule is CCOC(=O)c1c(Cl)ccc([N+](=O)[O-])c1Cl.OCCS. The summed E-state index contributed by atoms with van der Waals surface area (Å²) in [5.41, 5.74) is -0.562. The van der Waals surface area contributed by atoms with Crippen molar-refractivity contribution < 1.29 is 19.6 Å². The number of esters is 1. The third-order valence-electron chi connectivity index (χ3n) is 1.85. The van der Waals surface area contributed by atoms with Gasteiger partial charge in [0, 0.05) is 11.8 Å². The number of rotatable bonds is 4. The zero-order chi connectivity index (χ0) is 15.7. The summed E-state index contributed by atoms with van der Waals surface area (Å²) in [4.78, 5) is 21.3. The van der Waals surface area contributed by atoms with Crippen molar-refractivity contribution in [3.63, 3.8) is 0 Å². The molecule has 0 saturated heterocycles. The van der Waals surface area contributed by atoms with Crippen LogP contribution in [-0.4, -0.2) is 35.0 Å². The molecule has 0 aromatic heterocycles. The van der Waals surface area contributed by atoms with Crippen LogP contribution in [0.25, 0.3) is 0 Å². The monoisotopic (exact) mass is 341 g/mol. The minimum Gasteiger partial charge on any atom is -0.462 e. The first-order chi connectivity index (χ1) is 9.40. The summed E-state index contributed by atoms with van der Waals surface area (Å²) in [7, 11) is 0. The van der Waals surface area contributed by atoms with Gasteiger partial charge >= 0.3 is 5.97 Å². The highest BCUT2D eigenvalue weighted by atomic mass is 35.5. The van der Waals surface area contributed by atoms with Gasteiger partial charge in [-0.2, -0.15) is 12.6 Å². The van der Waals surface area contributed by atoms with Gasteiger partial charge in [0.25, 0.3) is 5.69 Å². The first-order valence-electron chi connectivity index (χ1n) is 5.41. The van der Waals surface area contributed by atoms with E-state index >= 15 is 0 Å². The fraction of sp³-hybridized carbons (Fsp3) is 0.364. The maximum atomic E-state index is 11.4. The largest absolute Gasteiger partial charge is 0.462 e. The number of hydrogen-bond donors (Lipinski definition) is 2. The lowest BCUT2D eigenvalue weighted by molar-refractivity contribution is -0.384. The third kappa shape index (κ3) is 5.54. The van der Waals surface area contributed by atoms with E-state index in [0.29, 0.717) is 5.75 Å². The van der Waals surface area contributed by atoms with Crippen LogP contribution >= 0.6 is 35.8 Å². The average Bonchev–Trinajstić information content (AvgIpc) is 2.39. The second kappa shape index (κ2) is 9.82. The fourth-order valence-electron chi connectivity index (χ4n) is 1.07. The molecule has 6 nitrogen and oxygen atoms in total. The van der Waals surface area contributed by atoms with Gasteiger partial charge in [-0.15, -0.1) is 0 Å². The molecule has 0 unspecified atom stereocenters. The molecule has 112 valence electrons. The summed E-state index contributed by atoms with van der Waals surface area (Å²) in [6, 6.07) is 2.37. The lowest BCUT2D eigenvalue weighted by Crippen LogP contribution is -2.07. The molecule has 9 heteroatoms. The third-order valence-corrected chi connectivity index (χ3v) is 2.74. The molecule has 0 heterocycles. The van der Waals surface area contributed by atoms with Crippen molar-refractivity contribution >= 4 is 47.5 Å². The maximum Gasteiger partial charge on any atom is 0.341 e. The van der Waals surface area contributed by atoms with E-state index in [9.17, 15) is 14.9 Å². The zero-order valence-electron chi connectivity index (χ0n) is 10.5. The van der Waals surface area contributed by atoms with Crippen LogP contribution in [0.1, 0.15) is 17.3 Å². The molecule has 1 aromatic carbocycles. The minimum absolute atomic E-state index is 0.0223. The molecule has 0 aliphatic rings. The Morgan fingerprint density at radius 2 is 2.05 bits per heavy atom. The van der Waals surface area contributed by atoms with Crippen molar-refractivity contribution in [1.29, 1.82) is 0 Å². The number of benzene rings is 1. The molecule has 0 spiro atoms. The standard InChI is InChI=1S/C9H7Cl2NO4.C2H6OS/c1-2-16-9(13)7-5(10)3-4-6(8(7)11)12(14)15;3-1-2-4/h3-4H,2H2,1H3;3-4H,1-2H2. The van der Waals surface area contributed by atoms with Crippen molar-refractivity contribution in [2.24, 2.45) is 0 Å². The van der Waals surface area contributed by atoms with Crippen molar-refractivity contribution in [3.05, 3.63) is 37.9 Å². The van der Waals surface area contributed by atoms with Gasteiger partial charge in [-0.05, 0) is 13.0 Å². The maximum absolute atomic E-state index is 11.4. The van der Waals surface area contributed by atoms with E-state index in [2.05, 4.69) is 12.6 Å². The molecule has 0 amide bonds. The molecular weight excluding hydrogens is 329 g/mol. The predicted molar refractivity (Wildman–Crippen MR) is 80.0 cm³/mol. The molecule has 0 radical (unpaired) electrons. The average molecular weight is 342 g/mol. The van der Waals surface area contributed by atoms with Crippen molar-refractivity contribution in [3.8, 4) is 0 Å². The van der Waals surface area contributed by atoms with E-state index in [1.54, 1.807) is 6.92 Å². The summed E-state index contributed by atoms with van der Waals surface area (Å²) < 4.78 is 4.69. The molecule has 20 heavy (non-hydrogen) atoms. The van der Waals surface area contributed by atoms with Crippen LogP contribution in [0.4, 0.5) is 5.69 Å². The number of aliphatic hydroxyl groups is 1. The van der Waals surface area contributed by atoms with Gasteiger partial charge in [0.2, 0.25) is 0 Å². The Kier molecular flexibility index (Phi) is 9.32. The number of nitro groups is 1. The molecule has 1 rings (SSSR count).